The van der Waals surface area contributed by atoms with Gasteiger partial charge in [0.15, 0.2) is 5.06 Å². The van der Waals surface area contributed by atoms with Gasteiger partial charge in [0.05, 0.1) is 25.0 Å². The van der Waals surface area contributed by atoms with E-state index in [1.165, 1.54) is 26.7 Å². The average Bonchev–Trinajstić information content (AvgIpc) is 3.39. The number of urea groups is 1. The molecule has 2 aliphatic rings. The summed E-state index contributed by atoms with van der Waals surface area (Å²) in [6, 6.07) is -1.10. The zero-order valence-corrected chi connectivity index (χ0v) is 19.6. The summed E-state index contributed by atoms with van der Waals surface area (Å²) >= 11 is 1.50. The lowest BCUT2D eigenvalue weighted by atomic mass is 10.1. The van der Waals surface area contributed by atoms with Gasteiger partial charge < -0.3 is 15.0 Å². The molecular formula is C19H28N6O4S2. The zero-order chi connectivity index (χ0) is 22.2. The number of carbonyl (C=O) groups is 1. The number of thiophene rings is 1. The highest BCUT2D eigenvalue weighted by molar-refractivity contribution is 7.91. The first-order valence-corrected chi connectivity index (χ1v) is 12.5. The number of nitrogens with zero attached hydrogens (tertiary/aromatic N) is 4. The van der Waals surface area contributed by atoms with Crippen LogP contribution in [0.5, 0.6) is 5.06 Å². The Balaban J connectivity index is 1.57. The lowest BCUT2D eigenvalue weighted by Crippen LogP contribution is -2.54. The molecule has 1 fully saturated rings. The molecular weight excluding hydrogens is 440 g/mol. The molecule has 0 bridgehead atoms. The van der Waals surface area contributed by atoms with Gasteiger partial charge in [0, 0.05) is 24.7 Å². The summed E-state index contributed by atoms with van der Waals surface area (Å²) in [4.78, 5) is 16.0. The number of amides is 2. The number of rotatable bonds is 6. The number of likely N-dealkylation sites (N-methyl/N-ethyl adjacent to an activating group) is 1. The molecule has 2 aromatic rings. The van der Waals surface area contributed by atoms with Crippen molar-refractivity contribution in [2.75, 3.05) is 36.9 Å². The molecule has 1 saturated heterocycles. The number of piperidine rings is 1. The quantitative estimate of drug-likeness (QED) is 0.671. The molecule has 10 nitrogen and oxygen atoms in total. The molecule has 3 heterocycles. The van der Waals surface area contributed by atoms with Crippen LogP contribution in [-0.2, 0) is 30.1 Å². The Morgan fingerprint density at radius 2 is 2.13 bits per heavy atom. The molecule has 1 unspecified atom stereocenters. The van der Waals surface area contributed by atoms with Crippen molar-refractivity contribution in [3.63, 3.8) is 0 Å². The van der Waals surface area contributed by atoms with Gasteiger partial charge in [-0.15, -0.1) is 11.3 Å². The van der Waals surface area contributed by atoms with E-state index < -0.39 is 16.2 Å². The van der Waals surface area contributed by atoms with E-state index in [9.17, 15) is 13.2 Å². The van der Waals surface area contributed by atoms with Gasteiger partial charge in [0.1, 0.15) is 5.69 Å². The number of hydrogen-bond donors (Lipinski definition) is 2. The van der Waals surface area contributed by atoms with E-state index in [1.54, 1.807) is 25.0 Å². The smallest absolute Gasteiger partial charge is 0.334 e. The molecule has 12 heteroatoms. The summed E-state index contributed by atoms with van der Waals surface area (Å²) in [5.74, 6) is 0. The Labute approximate surface area is 186 Å². The summed E-state index contributed by atoms with van der Waals surface area (Å²) in [6.07, 6.45) is 7.52. The number of nitrogens with one attached hydrogen (secondary N) is 2. The standard InChI is InChI=1S/C19H28N6O4S2/c1-23-9-5-6-13(11-23)25(14-10-20-24(2)12-14)31(27,28)22-19(26)21-17-15-7-4-8-16(15)30-18(17)29-3/h10,12-13H,4-9,11H2,1-3H3,(H2,21,22,26). The van der Waals surface area contributed by atoms with Crippen molar-refractivity contribution in [1.82, 2.24) is 19.4 Å². The summed E-state index contributed by atoms with van der Waals surface area (Å²) in [7, 11) is 1.07. The van der Waals surface area contributed by atoms with Crippen LogP contribution in [0.4, 0.5) is 16.2 Å². The van der Waals surface area contributed by atoms with Crippen LogP contribution in [0.2, 0.25) is 0 Å². The van der Waals surface area contributed by atoms with Crippen LogP contribution in [0.3, 0.4) is 0 Å². The van der Waals surface area contributed by atoms with Crippen molar-refractivity contribution in [3.8, 4) is 5.06 Å². The largest absolute Gasteiger partial charge is 0.486 e. The molecule has 0 radical (unpaired) electrons. The fourth-order valence-corrected chi connectivity index (χ4v) is 6.83. The Hall–Kier alpha value is -2.31. The number of anilines is 2. The molecule has 0 spiro atoms. The van der Waals surface area contributed by atoms with Crippen molar-refractivity contribution in [3.05, 3.63) is 22.8 Å². The van der Waals surface area contributed by atoms with Crippen molar-refractivity contribution in [1.29, 1.82) is 0 Å². The highest BCUT2D eigenvalue weighted by Gasteiger charge is 2.35. The van der Waals surface area contributed by atoms with Crippen LogP contribution in [0.15, 0.2) is 12.4 Å². The van der Waals surface area contributed by atoms with E-state index in [0.29, 0.717) is 29.4 Å². The second-order valence-electron chi connectivity index (χ2n) is 8.01. The van der Waals surface area contributed by atoms with Crippen molar-refractivity contribution in [2.24, 2.45) is 7.05 Å². The molecule has 1 aliphatic heterocycles. The van der Waals surface area contributed by atoms with Gasteiger partial charge in [-0.25, -0.2) is 13.8 Å². The van der Waals surface area contributed by atoms with Crippen molar-refractivity contribution in [2.45, 2.75) is 38.1 Å². The van der Waals surface area contributed by atoms with Gasteiger partial charge in [-0.05, 0) is 51.3 Å². The maximum absolute atomic E-state index is 13.3. The molecule has 2 amide bonds. The van der Waals surface area contributed by atoms with E-state index in [2.05, 4.69) is 20.0 Å². The lowest BCUT2D eigenvalue weighted by Gasteiger charge is -2.37. The first-order valence-electron chi connectivity index (χ1n) is 10.3. The molecule has 4 rings (SSSR count). The fraction of sp³-hybridized carbons (Fsp3) is 0.579. The molecule has 0 aromatic carbocycles. The number of aromatic nitrogens is 2. The van der Waals surface area contributed by atoms with E-state index in [-0.39, 0.29) is 6.04 Å². The third kappa shape index (κ3) is 4.51. The minimum Gasteiger partial charge on any atom is -0.486 e. The summed E-state index contributed by atoms with van der Waals surface area (Å²) < 4.78 is 37.1. The molecule has 170 valence electrons. The van der Waals surface area contributed by atoms with Gasteiger partial charge in [0.2, 0.25) is 0 Å². The monoisotopic (exact) mass is 468 g/mol. The maximum Gasteiger partial charge on any atom is 0.334 e. The van der Waals surface area contributed by atoms with Gasteiger partial charge in [-0.1, -0.05) is 0 Å². The third-order valence-corrected chi connectivity index (χ3v) is 8.39. The summed E-state index contributed by atoms with van der Waals surface area (Å²) in [5, 5.41) is 7.43. The highest BCUT2D eigenvalue weighted by Crippen LogP contribution is 2.44. The second-order valence-corrected chi connectivity index (χ2v) is 10.6. The third-order valence-electron chi connectivity index (χ3n) is 5.67. The van der Waals surface area contributed by atoms with Crippen LogP contribution >= 0.6 is 11.3 Å². The van der Waals surface area contributed by atoms with E-state index >= 15 is 0 Å². The number of ether oxygens (including phenoxy) is 1. The number of methoxy groups -OCH3 is 1. The molecule has 1 atom stereocenters. The van der Waals surface area contributed by atoms with Gasteiger partial charge >= 0.3 is 16.2 Å². The molecule has 0 saturated carbocycles. The summed E-state index contributed by atoms with van der Waals surface area (Å²) in [5.41, 5.74) is 2.03. The van der Waals surface area contributed by atoms with E-state index in [0.717, 1.165) is 37.8 Å². The van der Waals surface area contributed by atoms with E-state index in [1.807, 2.05) is 7.05 Å². The number of hydrogen-bond acceptors (Lipinski definition) is 7. The predicted octanol–water partition coefficient (Wildman–Crippen LogP) is 1.95. The highest BCUT2D eigenvalue weighted by atomic mass is 32.2. The van der Waals surface area contributed by atoms with Crippen LogP contribution < -0.4 is 19.1 Å². The van der Waals surface area contributed by atoms with Crippen molar-refractivity contribution >= 4 is 39.0 Å². The minimum absolute atomic E-state index is 0.298. The SMILES string of the molecule is COc1sc2c(c1NC(=O)NS(=O)(=O)N(c1cnn(C)c1)C1CCCN(C)C1)CCC2. The first kappa shape index (κ1) is 21.9. The molecule has 31 heavy (non-hydrogen) atoms. The predicted molar refractivity (Wildman–Crippen MR) is 120 cm³/mol. The number of aryl methyl sites for hydroxylation is 2. The van der Waals surface area contributed by atoms with Crippen LogP contribution in [0.25, 0.3) is 0 Å². The Kier molecular flexibility index (Phi) is 6.13. The zero-order valence-electron chi connectivity index (χ0n) is 17.9. The van der Waals surface area contributed by atoms with Crippen LogP contribution in [0.1, 0.15) is 29.7 Å². The Bertz CT molecular complexity index is 1060. The van der Waals surface area contributed by atoms with Gasteiger partial charge in [-0.2, -0.15) is 13.5 Å². The van der Waals surface area contributed by atoms with Gasteiger partial charge in [0.25, 0.3) is 0 Å². The number of fused-ring (bicyclic) bond motifs is 1. The maximum atomic E-state index is 13.3. The van der Waals surface area contributed by atoms with Crippen molar-refractivity contribution < 1.29 is 17.9 Å². The first-order chi connectivity index (χ1) is 14.8. The Morgan fingerprint density at radius 3 is 2.81 bits per heavy atom. The molecule has 2 N–H and O–H groups in total. The second kappa shape index (κ2) is 8.67. The normalized spacial score (nSPS) is 19.1. The average molecular weight is 469 g/mol. The fourth-order valence-electron chi connectivity index (χ4n) is 4.35. The lowest BCUT2D eigenvalue weighted by molar-refractivity contribution is 0.251. The van der Waals surface area contributed by atoms with Gasteiger partial charge in [-0.3, -0.25) is 4.68 Å². The molecule has 1 aliphatic carbocycles. The topological polar surface area (TPSA) is 109 Å². The molecule has 2 aromatic heterocycles. The van der Waals surface area contributed by atoms with E-state index in [4.69, 9.17) is 4.74 Å². The summed E-state index contributed by atoms with van der Waals surface area (Å²) in [6.45, 7) is 1.48. The van der Waals surface area contributed by atoms with Crippen LogP contribution in [0, 0.1) is 0 Å². The number of likely N-dealkylation sites (tertiary alicyclic amines) is 1. The van der Waals surface area contributed by atoms with Crippen LogP contribution in [-0.4, -0.2) is 62.4 Å². The minimum atomic E-state index is -4.17. The Morgan fingerprint density at radius 1 is 1.32 bits per heavy atom. The number of carbonyl (C=O) groups excluding carboxylic acids is 1.